The second-order valence-corrected chi connectivity index (χ2v) is 7.54. The molecule has 7 heteroatoms. The summed E-state index contributed by atoms with van der Waals surface area (Å²) >= 11 is 1.36. The maximum Gasteiger partial charge on any atom is 0.257 e. The molecular formula is C21H21FN2O3S. The van der Waals surface area contributed by atoms with Gasteiger partial charge in [-0.25, -0.2) is 9.37 Å². The number of nitrogens with zero attached hydrogens (tertiary/aromatic N) is 1. The molecule has 0 aliphatic heterocycles. The van der Waals surface area contributed by atoms with Gasteiger partial charge in [-0.2, -0.15) is 0 Å². The van der Waals surface area contributed by atoms with Gasteiger partial charge in [0.15, 0.2) is 16.6 Å². The summed E-state index contributed by atoms with van der Waals surface area (Å²) in [5, 5.41) is 3.27. The van der Waals surface area contributed by atoms with E-state index in [1.54, 1.807) is 30.5 Å². The van der Waals surface area contributed by atoms with Crippen LogP contribution in [-0.4, -0.2) is 24.1 Å². The van der Waals surface area contributed by atoms with Crippen molar-refractivity contribution in [1.82, 2.24) is 4.98 Å². The Bertz CT molecular complexity index is 972. The fraction of sp³-hybridized carbons (Fsp3) is 0.238. The molecule has 0 bridgehead atoms. The number of aromatic nitrogens is 1. The molecule has 3 rings (SSSR count). The Morgan fingerprint density at radius 3 is 2.75 bits per heavy atom. The van der Waals surface area contributed by atoms with Crippen molar-refractivity contribution in [3.63, 3.8) is 0 Å². The highest BCUT2D eigenvalue weighted by Crippen LogP contribution is 2.29. The zero-order chi connectivity index (χ0) is 20.1. The normalized spacial score (nSPS) is 10.8. The van der Waals surface area contributed by atoms with Gasteiger partial charge in [0.1, 0.15) is 5.82 Å². The van der Waals surface area contributed by atoms with Crippen LogP contribution in [0.3, 0.4) is 0 Å². The van der Waals surface area contributed by atoms with Gasteiger partial charge >= 0.3 is 0 Å². The molecule has 2 aromatic carbocycles. The van der Waals surface area contributed by atoms with Gasteiger partial charge in [0.25, 0.3) is 5.91 Å². The number of ether oxygens (including phenoxy) is 2. The van der Waals surface area contributed by atoms with Gasteiger partial charge in [-0.15, -0.1) is 11.3 Å². The van der Waals surface area contributed by atoms with Gasteiger partial charge in [0, 0.05) is 23.1 Å². The van der Waals surface area contributed by atoms with Crippen LogP contribution in [0, 0.1) is 5.82 Å². The van der Waals surface area contributed by atoms with E-state index in [1.165, 1.54) is 30.6 Å². The molecule has 0 fully saturated rings. The summed E-state index contributed by atoms with van der Waals surface area (Å²) in [6.07, 6.45) is 2.24. The van der Waals surface area contributed by atoms with E-state index in [9.17, 15) is 9.18 Å². The second-order valence-electron chi connectivity index (χ2n) is 6.42. The molecule has 0 spiro atoms. The lowest BCUT2D eigenvalue weighted by molar-refractivity contribution is 0.102. The minimum Gasteiger partial charge on any atom is -0.493 e. The van der Waals surface area contributed by atoms with Gasteiger partial charge < -0.3 is 9.47 Å². The van der Waals surface area contributed by atoms with Gasteiger partial charge in [-0.05, 0) is 49.7 Å². The molecule has 0 aliphatic rings. The van der Waals surface area contributed by atoms with E-state index in [0.717, 1.165) is 10.4 Å². The molecule has 146 valence electrons. The van der Waals surface area contributed by atoms with E-state index >= 15 is 0 Å². The number of carbonyl (C=O) groups excluding carboxylic acids is 1. The van der Waals surface area contributed by atoms with E-state index < -0.39 is 0 Å². The van der Waals surface area contributed by atoms with Crippen molar-refractivity contribution in [3.05, 3.63) is 70.5 Å². The van der Waals surface area contributed by atoms with Crippen LogP contribution in [-0.2, 0) is 6.42 Å². The maximum absolute atomic E-state index is 13.3. The van der Waals surface area contributed by atoms with Crippen LogP contribution in [0.4, 0.5) is 9.52 Å². The topological polar surface area (TPSA) is 60.5 Å². The first-order chi connectivity index (χ1) is 13.4. The summed E-state index contributed by atoms with van der Waals surface area (Å²) in [4.78, 5) is 17.7. The third kappa shape index (κ3) is 5.07. The number of rotatable bonds is 7. The zero-order valence-electron chi connectivity index (χ0n) is 15.9. The Hall–Kier alpha value is -2.93. The van der Waals surface area contributed by atoms with Crippen molar-refractivity contribution in [1.29, 1.82) is 0 Å². The lowest BCUT2D eigenvalue weighted by Gasteiger charge is -2.14. The number of methoxy groups -OCH3 is 1. The van der Waals surface area contributed by atoms with E-state index in [4.69, 9.17) is 9.47 Å². The molecule has 0 saturated carbocycles. The summed E-state index contributed by atoms with van der Waals surface area (Å²) < 4.78 is 24.3. The minimum atomic E-state index is -0.291. The number of halogens is 1. The standard InChI is InChI=1S/C21H21FN2O3S/c1-13(2)27-18-8-7-15(11-19(18)26-3)20(25)24-21-23-12-17(28-21)10-14-5-4-6-16(22)9-14/h4-9,11-13H,10H2,1-3H3,(H,23,24,25). The fourth-order valence-corrected chi connectivity index (χ4v) is 3.47. The van der Waals surface area contributed by atoms with Gasteiger partial charge in [-0.3, -0.25) is 10.1 Å². The van der Waals surface area contributed by atoms with Crippen LogP contribution in [0.5, 0.6) is 11.5 Å². The molecule has 0 radical (unpaired) electrons. The van der Waals surface area contributed by atoms with E-state index in [0.29, 0.717) is 28.6 Å². The first-order valence-electron chi connectivity index (χ1n) is 8.80. The highest BCUT2D eigenvalue weighted by Gasteiger charge is 2.14. The van der Waals surface area contributed by atoms with Gasteiger partial charge in [-0.1, -0.05) is 12.1 Å². The van der Waals surface area contributed by atoms with Crippen LogP contribution >= 0.6 is 11.3 Å². The lowest BCUT2D eigenvalue weighted by atomic mass is 10.1. The fourth-order valence-electron chi connectivity index (χ4n) is 2.62. The number of anilines is 1. The van der Waals surface area contributed by atoms with E-state index in [2.05, 4.69) is 10.3 Å². The predicted molar refractivity (Wildman–Crippen MR) is 108 cm³/mol. The molecule has 1 amide bonds. The number of nitrogens with one attached hydrogen (secondary N) is 1. The Labute approximate surface area is 167 Å². The van der Waals surface area contributed by atoms with Crippen molar-refractivity contribution in [3.8, 4) is 11.5 Å². The molecular weight excluding hydrogens is 379 g/mol. The summed E-state index contributed by atoms with van der Waals surface area (Å²) in [6, 6.07) is 11.5. The first kappa shape index (κ1) is 19.8. The van der Waals surface area contributed by atoms with Crippen LogP contribution in [0.15, 0.2) is 48.7 Å². The number of carbonyl (C=O) groups is 1. The average molecular weight is 400 g/mol. The van der Waals surface area contributed by atoms with Crippen molar-refractivity contribution in [2.75, 3.05) is 12.4 Å². The van der Waals surface area contributed by atoms with Crippen molar-refractivity contribution < 1.29 is 18.7 Å². The third-order valence-electron chi connectivity index (χ3n) is 3.83. The summed E-state index contributed by atoms with van der Waals surface area (Å²) in [7, 11) is 1.53. The average Bonchev–Trinajstić information content (AvgIpc) is 3.08. The van der Waals surface area contributed by atoms with Gasteiger partial charge in [0.2, 0.25) is 0 Å². The molecule has 0 aliphatic carbocycles. The zero-order valence-corrected chi connectivity index (χ0v) is 16.7. The Morgan fingerprint density at radius 1 is 1.21 bits per heavy atom. The summed E-state index contributed by atoms with van der Waals surface area (Å²) in [5.41, 5.74) is 1.29. The molecule has 0 saturated heterocycles. The maximum atomic E-state index is 13.3. The first-order valence-corrected chi connectivity index (χ1v) is 9.61. The number of hydrogen-bond donors (Lipinski definition) is 1. The number of benzene rings is 2. The second kappa shape index (κ2) is 8.84. The molecule has 0 atom stereocenters. The van der Waals surface area contributed by atoms with Crippen LogP contribution in [0.2, 0.25) is 0 Å². The predicted octanol–water partition coefficient (Wildman–Crippen LogP) is 4.92. The lowest BCUT2D eigenvalue weighted by Crippen LogP contribution is -2.12. The van der Waals surface area contributed by atoms with E-state index in [1.807, 2.05) is 19.9 Å². The largest absolute Gasteiger partial charge is 0.493 e. The molecule has 1 aromatic heterocycles. The van der Waals surface area contributed by atoms with Crippen molar-refractivity contribution in [2.45, 2.75) is 26.4 Å². The highest BCUT2D eigenvalue weighted by molar-refractivity contribution is 7.15. The number of amides is 1. The molecule has 28 heavy (non-hydrogen) atoms. The molecule has 1 N–H and O–H groups in total. The molecule has 1 heterocycles. The smallest absolute Gasteiger partial charge is 0.257 e. The van der Waals surface area contributed by atoms with Crippen LogP contribution < -0.4 is 14.8 Å². The van der Waals surface area contributed by atoms with E-state index in [-0.39, 0.29) is 17.8 Å². The summed E-state index contributed by atoms with van der Waals surface area (Å²) in [5.74, 6) is 0.517. The monoisotopic (exact) mass is 400 g/mol. The van der Waals surface area contributed by atoms with Gasteiger partial charge in [0.05, 0.1) is 13.2 Å². The Morgan fingerprint density at radius 2 is 2.04 bits per heavy atom. The third-order valence-corrected chi connectivity index (χ3v) is 4.74. The quantitative estimate of drug-likeness (QED) is 0.611. The SMILES string of the molecule is COc1cc(C(=O)Nc2ncc(Cc3cccc(F)c3)s2)ccc1OC(C)C. The number of hydrogen-bond acceptors (Lipinski definition) is 5. The molecule has 5 nitrogen and oxygen atoms in total. The number of thiazole rings is 1. The van der Waals surface area contributed by atoms with Crippen molar-refractivity contribution >= 4 is 22.4 Å². The summed E-state index contributed by atoms with van der Waals surface area (Å²) in [6.45, 7) is 3.84. The molecule has 3 aromatic rings. The molecule has 0 unspecified atom stereocenters. The Balaban J connectivity index is 1.69. The van der Waals surface area contributed by atoms with Crippen molar-refractivity contribution in [2.24, 2.45) is 0 Å². The highest BCUT2D eigenvalue weighted by atomic mass is 32.1. The minimum absolute atomic E-state index is 0.000376. The van der Waals surface area contributed by atoms with Crippen LogP contribution in [0.1, 0.15) is 34.6 Å². The van der Waals surface area contributed by atoms with Crippen LogP contribution in [0.25, 0.3) is 0 Å². The Kier molecular flexibility index (Phi) is 6.26.